The van der Waals surface area contributed by atoms with E-state index >= 15 is 0 Å². The highest BCUT2D eigenvalue weighted by atomic mass is 16.5. The van der Waals surface area contributed by atoms with Crippen molar-refractivity contribution in [3.63, 3.8) is 0 Å². The lowest BCUT2D eigenvalue weighted by molar-refractivity contribution is 0.0505. The summed E-state index contributed by atoms with van der Waals surface area (Å²) in [5, 5.41) is 7.80. The van der Waals surface area contributed by atoms with E-state index in [1.54, 1.807) is 11.5 Å². The molecule has 0 saturated carbocycles. The monoisotopic (exact) mass is 289 g/mol. The Labute approximate surface area is 123 Å². The third kappa shape index (κ3) is 4.05. The van der Waals surface area contributed by atoms with Crippen molar-refractivity contribution < 1.29 is 14.3 Å². The van der Waals surface area contributed by atoms with Crippen LogP contribution in [0.5, 0.6) is 5.75 Å². The average Bonchev–Trinajstić information content (AvgIpc) is 2.86. The van der Waals surface area contributed by atoms with Crippen molar-refractivity contribution in [2.24, 2.45) is 0 Å². The maximum Gasteiger partial charge on any atom is 0.376 e. The maximum absolute atomic E-state index is 11.8. The Morgan fingerprint density at radius 1 is 1.24 bits per heavy atom. The number of benzene rings is 1. The summed E-state index contributed by atoms with van der Waals surface area (Å²) in [6.45, 7) is 5.07. The van der Waals surface area contributed by atoms with E-state index in [1.165, 1.54) is 0 Å². The van der Waals surface area contributed by atoms with Crippen LogP contribution in [0.4, 0.5) is 0 Å². The summed E-state index contributed by atoms with van der Waals surface area (Å²) in [5.41, 5.74) is 0. The molecule has 0 spiro atoms. The van der Waals surface area contributed by atoms with E-state index in [0.717, 1.165) is 12.2 Å². The summed E-state index contributed by atoms with van der Waals surface area (Å²) in [7, 11) is 0. The van der Waals surface area contributed by atoms with Crippen molar-refractivity contribution in [2.75, 3.05) is 13.2 Å². The number of carbonyl (C=O) groups is 1. The number of rotatable bonds is 7. The molecular weight excluding hydrogens is 270 g/mol. The second kappa shape index (κ2) is 7.42. The zero-order valence-corrected chi connectivity index (χ0v) is 12.3. The Hall–Kier alpha value is -2.37. The Morgan fingerprint density at radius 2 is 2.00 bits per heavy atom. The van der Waals surface area contributed by atoms with Gasteiger partial charge in [0.05, 0.1) is 13.2 Å². The topological polar surface area (TPSA) is 66.2 Å². The number of aryl methyl sites for hydroxylation is 1. The summed E-state index contributed by atoms with van der Waals surface area (Å²) in [6, 6.07) is 9.62. The van der Waals surface area contributed by atoms with Crippen LogP contribution < -0.4 is 4.74 Å². The molecule has 0 fully saturated rings. The molecule has 0 bridgehead atoms. The minimum absolute atomic E-state index is 0.245. The molecule has 0 radical (unpaired) electrons. The molecule has 0 N–H and O–H groups in total. The highest BCUT2D eigenvalue weighted by Crippen LogP contribution is 2.09. The van der Waals surface area contributed by atoms with Gasteiger partial charge >= 0.3 is 5.97 Å². The standard InChI is InChI=1S/C15H19N3O3/c1-3-20-15(19)14-17-16-12(2)18(14)10-7-11-21-13-8-5-4-6-9-13/h4-6,8-9H,3,7,10-11H2,1-2H3. The Bertz CT molecular complexity index is 581. The van der Waals surface area contributed by atoms with E-state index < -0.39 is 5.97 Å². The summed E-state index contributed by atoms with van der Waals surface area (Å²) in [6.07, 6.45) is 0.750. The minimum Gasteiger partial charge on any atom is -0.494 e. The molecule has 0 saturated heterocycles. The Balaban J connectivity index is 1.88. The quantitative estimate of drug-likeness (QED) is 0.577. The molecule has 0 unspecified atom stereocenters. The molecule has 6 nitrogen and oxygen atoms in total. The van der Waals surface area contributed by atoms with E-state index in [0.29, 0.717) is 25.6 Å². The van der Waals surface area contributed by atoms with Gasteiger partial charge in [-0.2, -0.15) is 0 Å². The lowest BCUT2D eigenvalue weighted by Crippen LogP contribution is -2.15. The molecular formula is C15H19N3O3. The average molecular weight is 289 g/mol. The Kier molecular flexibility index (Phi) is 5.31. The summed E-state index contributed by atoms with van der Waals surface area (Å²) in [4.78, 5) is 11.8. The summed E-state index contributed by atoms with van der Waals surface area (Å²) >= 11 is 0. The SMILES string of the molecule is CCOC(=O)c1nnc(C)n1CCCOc1ccccc1. The van der Waals surface area contributed by atoms with Crippen LogP contribution in [0.3, 0.4) is 0 Å². The van der Waals surface area contributed by atoms with Gasteiger partial charge in [0, 0.05) is 6.54 Å². The van der Waals surface area contributed by atoms with Gasteiger partial charge in [0.15, 0.2) is 0 Å². The molecule has 0 atom stereocenters. The maximum atomic E-state index is 11.8. The molecule has 0 aliphatic rings. The third-order valence-corrected chi connectivity index (χ3v) is 2.93. The van der Waals surface area contributed by atoms with E-state index in [1.807, 2.05) is 37.3 Å². The summed E-state index contributed by atoms with van der Waals surface area (Å²) in [5.74, 6) is 1.33. The molecule has 1 aromatic carbocycles. The zero-order valence-electron chi connectivity index (χ0n) is 12.3. The first-order valence-corrected chi connectivity index (χ1v) is 6.97. The fourth-order valence-corrected chi connectivity index (χ4v) is 1.92. The van der Waals surface area contributed by atoms with Crippen LogP contribution in [0.15, 0.2) is 30.3 Å². The number of aromatic nitrogens is 3. The van der Waals surface area contributed by atoms with Gasteiger partial charge in [-0.15, -0.1) is 10.2 Å². The minimum atomic E-state index is -0.443. The lowest BCUT2D eigenvalue weighted by atomic mass is 10.3. The second-order valence-corrected chi connectivity index (χ2v) is 4.46. The van der Waals surface area contributed by atoms with Crippen molar-refractivity contribution >= 4 is 5.97 Å². The van der Waals surface area contributed by atoms with Gasteiger partial charge in [-0.1, -0.05) is 18.2 Å². The van der Waals surface area contributed by atoms with Crippen LogP contribution in [0.1, 0.15) is 29.8 Å². The van der Waals surface area contributed by atoms with Gasteiger partial charge in [-0.3, -0.25) is 0 Å². The van der Waals surface area contributed by atoms with Gasteiger partial charge in [0.2, 0.25) is 5.82 Å². The number of para-hydroxylation sites is 1. The van der Waals surface area contributed by atoms with Gasteiger partial charge < -0.3 is 14.0 Å². The number of hydrogen-bond donors (Lipinski definition) is 0. The Morgan fingerprint density at radius 3 is 2.71 bits per heavy atom. The molecule has 0 aliphatic heterocycles. The fraction of sp³-hybridized carbons (Fsp3) is 0.400. The van der Waals surface area contributed by atoms with Crippen LogP contribution >= 0.6 is 0 Å². The van der Waals surface area contributed by atoms with E-state index in [9.17, 15) is 4.79 Å². The first-order chi connectivity index (χ1) is 10.2. The fourth-order valence-electron chi connectivity index (χ4n) is 1.92. The van der Waals surface area contributed by atoms with Crippen molar-refractivity contribution in [1.29, 1.82) is 0 Å². The van der Waals surface area contributed by atoms with Gasteiger partial charge in [-0.05, 0) is 32.4 Å². The normalized spacial score (nSPS) is 10.4. The van der Waals surface area contributed by atoms with Crippen LogP contribution in [0.2, 0.25) is 0 Å². The number of ether oxygens (including phenoxy) is 2. The van der Waals surface area contributed by atoms with Crippen LogP contribution in [-0.2, 0) is 11.3 Å². The largest absolute Gasteiger partial charge is 0.494 e. The second-order valence-electron chi connectivity index (χ2n) is 4.46. The molecule has 6 heteroatoms. The highest BCUT2D eigenvalue weighted by molar-refractivity contribution is 5.85. The predicted molar refractivity (Wildman–Crippen MR) is 77.3 cm³/mol. The van der Waals surface area contributed by atoms with Gasteiger partial charge in [0.25, 0.3) is 0 Å². The van der Waals surface area contributed by atoms with Crippen molar-refractivity contribution in [3.05, 3.63) is 42.0 Å². The number of hydrogen-bond acceptors (Lipinski definition) is 5. The molecule has 21 heavy (non-hydrogen) atoms. The van der Waals surface area contributed by atoms with Crippen molar-refractivity contribution in [1.82, 2.24) is 14.8 Å². The van der Waals surface area contributed by atoms with Crippen LogP contribution in [0, 0.1) is 6.92 Å². The van der Waals surface area contributed by atoms with Crippen molar-refractivity contribution in [2.45, 2.75) is 26.8 Å². The van der Waals surface area contributed by atoms with E-state index in [-0.39, 0.29) is 5.82 Å². The number of carbonyl (C=O) groups excluding carboxylic acids is 1. The molecule has 112 valence electrons. The molecule has 1 heterocycles. The molecule has 0 amide bonds. The third-order valence-electron chi connectivity index (χ3n) is 2.93. The van der Waals surface area contributed by atoms with Crippen LogP contribution in [0.25, 0.3) is 0 Å². The van der Waals surface area contributed by atoms with E-state index in [2.05, 4.69) is 10.2 Å². The first kappa shape index (κ1) is 15.0. The van der Waals surface area contributed by atoms with Gasteiger partial charge in [0.1, 0.15) is 11.6 Å². The number of esters is 1. The first-order valence-electron chi connectivity index (χ1n) is 6.97. The molecule has 2 rings (SSSR count). The summed E-state index contributed by atoms with van der Waals surface area (Å²) < 4.78 is 12.3. The van der Waals surface area contributed by atoms with Crippen molar-refractivity contribution in [3.8, 4) is 5.75 Å². The smallest absolute Gasteiger partial charge is 0.376 e. The van der Waals surface area contributed by atoms with E-state index in [4.69, 9.17) is 9.47 Å². The van der Waals surface area contributed by atoms with Gasteiger partial charge in [-0.25, -0.2) is 4.79 Å². The lowest BCUT2D eigenvalue weighted by Gasteiger charge is -2.09. The molecule has 1 aromatic heterocycles. The molecule has 0 aliphatic carbocycles. The van der Waals surface area contributed by atoms with Crippen LogP contribution in [-0.4, -0.2) is 33.9 Å². The number of nitrogens with zero attached hydrogens (tertiary/aromatic N) is 3. The highest BCUT2D eigenvalue weighted by Gasteiger charge is 2.17. The molecule has 2 aromatic rings. The predicted octanol–water partition coefficient (Wildman–Crippen LogP) is 2.23. The zero-order chi connectivity index (χ0) is 15.1.